The zero-order valence-electron chi connectivity index (χ0n) is 11.4. The summed E-state index contributed by atoms with van der Waals surface area (Å²) in [5, 5.41) is 2.75. The summed E-state index contributed by atoms with van der Waals surface area (Å²) in [5.74, 6) is 0.102. The van der Waals surface area contributed by atoms with Crippen molar-refractivity contribution in [2.45, 2.75) is 13.0 Å². The van der Waals surface area contributed by atoms with Gasteiger partial charge in [0.15, 0.2) is 12.4 Å². The van der Waals surface area contributed by atoms with Crippen LogP contribution >= 0.6 is 15.9 Å². The Morgan fingerprint density at radius 3 is 2.62 bits per heavy atom. The Morgan fingerprint density at radius 2 is 1.95 bits per heavy atom. The van der Waals surface area contributed by atoms with Crippen LogP contribution in [-0.4, -0.2) is 18.3 Å². The van der Waals surface area contributed by atoms with Crippen LogP contribution in [0.25, 0.3) is 0 Å². The number of para-hydroxylation sites is 1. The molecular formula is C16H14BrNO3. The average molecular weight is 348 g/mol. The molecule has 5 heteroatoms. The van der Waals surface area contributed by atoms with Gasteiger partial charge >= 0.3 is 0 Å². The van der Waals surface area contributed by atoms with Gasteiger partial charge in [0.25, 0.3) is 5.91 Å². The van der Waals surface area contributed by atoms with Crippen molar-refractivity contribution in [3.63, 3.8) is 0 Å². The summed E-state index contributed by atoms with van der Waals surface area (Å²) in [5.41, 5.74) is 1.09. The lowest BCUT2D eigenvalue weighted by Gasteiger charge is -2.16. The lowest BCUT2D eigenvalue weighted by Crippen LogP contribution is -2.30. The third-order valence-corrected chi connectivity index (χ3v) is 3.31. The zero-order valence-corrected chi connectivity index (χ0v) is 13.0. The van der Waals surface area contributed by atoms with E-state index in [0.29, 0.717) is 23.3 Å². The molecule has 0 heterocycles. The molecule has 0 bridgehead atoms. The van der Waals surface area contributed by atoms with Crippen molar-refractivity contribution in [2.24, 2.45) is 0 Å². The summed E-state index contributed by atoms with van der Waals surface area (Å²) in [7, 11) is 0. The molecule has 1 atom stereocenters. The second kappa shape index (κ2) is 7.04. The van der Waals surface area contributed by atoms with Gasteiger partial charge in [-0.05, 0) is 37.3 Å². The highest BCUT2D eigenvalue weighted by molar-refractivity contribution is 9.10. The second-order valence-electron chi connectivity index (χ2n) is 4.42. The van der Waals surface area contributed by atoms with Gasteiger partial charge in [0, 0.05) is 10.2 Å². The summed E-state index contributed by atoms with van der Waals surface area (Å²) >= 11 is 3.28. The first-order chi connectivity index (χ1) is 10.1. The fraction of sp³-hybridized carbons (Fsp3) is 0.125. The van der Waals surface area contributed by atoms with Crippen molar-refractivity contribution < 1.29 is 14.3 Å². The Labute approximate surface area is 131 Å². The number of ether oxygens (including phenoxy) is 1. The molecule has 2 aromatic carbocycles. The number of carbonyl (C=O) groups excluding carboxylic acids is 2. The largest absolute Gasteiger partial charge is 0.480 e. The smallest absolute Gasteiger partial charge is 0.265 e. The van der Waals surface area contributed by atoms with Gasteiger partial charge in [-0.15, -0.1) is 0 Å². The first-order valence-corrected chi connectivity index (χ1v) is 7.17. The monoisotopic (exact) mass is 347 g/mol. The van der Waals surface area contributed by atoms with Crippen LogP contribution in [0.5, 0.6) is 5.75 Å². The van der Waals surface area contributed by atoms with Gasteiger partial charge in [0.05, 0.1) is 5.56 Å². The molecule has 1 amide bonds. The number of nitrogens with one attached hydrogen (secondary N) is 1. The Balaban J connectivity index is 2.05. The van der Waals surface area contributed by atoms with E-state index >= 15 is 0 Å². The van der Waals surface area contributed by atoms with Crippen LogP contribution in [0.2, 0.25) is 0 Å². The van der Waals surface area contributed by atoms with E-state index in [0.717, 1.165) is 4.47 Å². The molecule has 0 saturated heterocycles. The van der Waals surface area contributed by atoms with Gasteiger partial charge in [0.2, 0.25) is 0 Å². The lowest BCUT2D eigenvalue weighted by molar-refractivity contribution is -0.122. The number of benzene rings is 2. The third-order valence-electron chi connectivity index (χ3n) is 2.81. The maximum atomic E-state index is 12.0. The van der Waals surface area contributed by atoms with E-state index in [1.807, 2.05) is 18.2 Å². The number of hydrogen-bond donors (Lipinski definition) is 1. The molecule has 2 aromatic rings. The van der Waals surface area contributed by atoms with Crippen LogP contribution in [0.1, 0.15) is 17.3 Å². The Kier molecular flexibility index (Phi) is 5.11. The van der Waals surface area contributed by atoms with Crippen molar-refractivity contribution in [3.8, 4) is 5.75 Å². The molecule has 0 saturated carbocycles. The predicted octanol–water partition coefficient (Wildman–Crippen LogP) is 3.67. The zero-order chi connectivity index (χ0) is 15.2. The Bertz CT molecular complexity index is 643. The molecule has 21 heavy (non-hydrogen) atoms. The van der Waals surface area contributed by atoms with Gasteiger partial charge in [-0.3, -0.25) is 9.59 Å². The first-order valence-electron chi connectivity index (χ1n) is 6.37. The summed E-state index contributed by atoms with van der Waals surface area (Å²) < 4.78 is 6.34. The summed E-state index contributed by atoms with van der Waals surface area (Å²) in [6.45, 7) is 1.63. The molecule has 108 valence electrons. The summed E-state index contributed by atoms with van der Waals surface area (Å²) in [6, 6.07) is 14.2. The number of aldehydes is 1. The lowest BCUT2D eigenvalue weighted by atomic mass is 10.2. The van der Waals surface area contributed by atoms with E-state index in [2.05, 4.69) is 21.2 Å². The van der Waals surface area contributed by atoms with Crippen molar-refractivity contribution in [1.29, 1.82) is 0 Å². The fourth-order valence-corrected chi connectivity index (χ4v) is 2.11. The highest BCUT2D eigenvalue weighted by atomic mass is 79.9. The van der Waals surface area contributed by atoms with Crippen molar-refractivity contribution in [2.75, 3.05) is 5.32 Å². The molecule has 1 N–H and O–H groups in total. The SMILES string of the molecule is CC(Oc1ccc(Br)cc1C=O)C(=O)Nc1ccccc1. The molecular weight excluding hydrogens is 334 g/mol. The van der Waals surface area contributed by atoms with Crippen LogP contribution in [0, 0.1) is 0 Å². The average Bonchev–Trinajstić information content (AvgIpc) is 2.49. The van der Waals surface area contributed by atoms with Crippen molar-refractivity contribution in [3.05, 3.63) is 58.6 Å². The molecule has 2 rings (SSSR count). The predicted molar refractivity (Wildman–Crippen MR) is 84.7 cm³/mol. The molecule has 0 aliphatic rings. The van der Waals surface area contributed by atoms with Crippen molar-refractivity contribution in [1.82, 2.24) is 0 Å². The van der Waals surface area contributed by atoms with Gasteiger partial charge < -0.3 is 10.1 Å². The number of rotatable bonds is 5. The van der Waals surface area contributed by atoms with E-state index in [-0.39, 0.29) is 5.91 Å². The van der Waals surface area contributed by atoms with Crippen LogP contribution in [0.15, 0.2) is 53.0 Å². The van der Waals surface area contributed by atoms with Crippen molar-refractivity contribution >= 4 is 33.8 Å². The molecule has 0 fully saturated rings. The van der Waals surface area contributed by atoms with Crippen LogP contribution < -0.4 is 10.1 Å². The van der Waals surface area contributed by atoms with Gasteiger partial charge in [-0.1, -0.05) is 34.1 Å². The minimum atomic E-state index is -0.718. The standard InChI is InChI=1S/C16H14BrNO3/c1-11(16(20)18-14-5-3-2-4-6-14)21-15-8-7-13(17)9-12(15)10-19/h2-11H,1H3,(H,18,20). The molecule has 0 spiro atoms. The second-order valence-corrected chi connectivity index (χ2v) is 5.33. The fourth-order valence-electron chi connectivity index (χ4n) is 1.73. The Morgan fingerprint density at radius 1 is 1.24 bits per heavy atom. The minimum absolute atomic E-state index is 0.277. The van der Waals surface area contributed by atoms with E-state index in [1.165, 1.54) is 0 Å². The normalized spacial score (nSPS) is 11.5. The van der Waals surface area contributed by atoms with E-state index in [4.69, 9.17) is 4.74 Å². The quantitative estimate of drug-likeness (QED) is 0.839. The molecule has 0 aliphatic carbocycles. The molecule has 0 aliphatic heterocycles. The van der Waals surface area contributed by atoms with Crippen LogP contribution in [0.4, 0.5) is 5.69 Å². The van der Waals surface area contributed by atoms with Gasteiger partial charge in [-0.25, -0.2) is 0 Å². The minimum Gasteiger partial charge on any atom is -0.480 e. The number of amides is 1. The number of halogens is 1. The van der Waals surface area contributed by atoms with Crippen LogP contribution in [0.3, 0.4) is 0 Å². The van der Waals surface area contributed by atoms with E-state index < -0.39 is 6.10 Å². The maximum absolute atomic E-state index is 12.0. The van der Waals surface area contributed by atoms with Gasteiger partial charge in [0.1, 0.15) is 5.75 Å². The maximum Gasteiger partial charge on any atom is 0.265 e. The molecule has 0 radical (unpaired) electrons. The number of carbonyl (C=O) groups is 2. The third kappa shape index (κ3) is 4.16. The highest BCUT2D eigenvalue weighted by Gasteiger charge is 2.16. The number of hydrogen-bond acceptors (Lipinski definition) is 3. The van der Waals surface area contributed by atoms with Gasteiger partial charge in [-0.2, -0.15) is 0 Å². The molecule has 4 nitrogen and oxygen atoms in total. The molecule has 0 aromatic heterocycles. The highest BCUT2D eigenvalue weighted by Crippen LogP contribution is 2.23. The van der Waals surface area contributed by atoms with E-state index in [9.17, 15) is 9.59 Å². The van der Waals surface area contributed by atoms with Crippen LogP contribution in [-0.2, 0) is 4.79 Å². The molecule has 1 unspecified atom stereocenters. The summed E-state index contributed by atoms with van der Waals surface area (Å²) in [4.78, 5) is 23.1. The number of anilines is 1. The topological polar surface area (TPSA) is 55.4 Å². The van der Waals surface area contributed by atoms with E-state index in [1.54, 1.807) is 37.3 Å². The Hall–Kier alpha value is -2.14. The summed E-state index contributed by atoms with van der Waals surface area (Å²) in [6.07, 6.45) is -0.0212. The first kappa shape index (κ1) is 15.3.